The number of hydrogen-bond donors (Lipinski definition) is 3. The molecule has 4 N–H and O–H groups in total. The topological polar surface area (TPSA) is 67.2 Å². The molecule has 0 heterocycles. The van der Waals surface area contributed by atoms with Crippen LogP contribution in [-0.2, 0) is 6.42 Å². The van der Waals surface area contributed by atoms with Crippen LogP contribution in [0.3, 0.4) is 0 Å². The average molecular weight is 269 g/mol. The number of carbonyl (C=O) groups is 1. The summed E-state index contributed by atoms with van der Waals surface area (Å²) < 4.78 is 0. The van der Waals surface area contributed by atoms with Gasteiger partial charge in [0.05, 0.1) is 11.3 Å². The van der Waals surface area contributed by atoms with Crippen LogP contribution in [0.5, 0.6) is 0 Å². The summed E-state index contributed by atoms with van der Waals surface area (Å²) in [4.78, 5) is 12.3. The molecule has 0 saturated carbocycles. The Morgan fingerprint density at radius 2 is 1.85 bits per heavy atom. The van der Waals surface area contributed by atoms with E-state index in [1.54, 1.807) is 6.07 Å². The number of rotatable bonds is 4. The number of benzene rings is 2. The van der Waals surface area contributed by atoms with E-state index in [1.807, 2.05) is 43.3 Å². The molecule has 2 rings (SSSR count). The number of hydrogen-bond acceptors (Lipinski definition) is 3. The van der Waals surface area contributed by atoms with E-state index in [2.05, 4.69) is 17.7 Å². The molecule has 4 nitrogen and oxygen atoms in total. The van der Waals surface area contributed by atoms with Gasteiger partial charge in [-0.1, -0.05) is 30.7 Å². The van der Waals surface area contributed by atoms with Crippen LogP contribution in [0.15, 0.2) is 42.5 Å². The molecule has 0 atom stereocenters. The number of hydrazine groups is 1. The van der Waals surface area contributed by atoms with Crippen LogP contribution in [0.4, 0.5) is 11.4 Å². The minimum Gasteiger partial charge on any atom is -0.323 e. The molecule has 0 spiro atoms. The van der Waals surface area contributed by atoms with Crippen LogP contribution in [-0.4, -0.2) is 5.91 Å². The Morgan fingerprint density at radius 1 is 1.15 bits per heavy atom. The summed E-state index contributed by atoms with van der Waals surface area (Å²) in [5.74, 6) is 5.26. The molecular weight excluding hydrogens is 250 g/mol. The van der Waals surface area contributed by atoms with Gasteiger partial charge in [-0.3, -0.25) is 10.6 Å². The van der Waals surface area contributed by atoms with Gasteiger partial charge in [-0.25, -0.2) is 0 Å². The van der Waals surface area contributed by atoms with Crippen molar-refractivity contribution in [3.05, 3.63) is 59.2 Å². The van der Waals surface area contributed by atoms with Crippen molar-refractivity contribution in [2.75, 3.05) is 10.7 Å². The zero-order valence-electron chi connectivity index (χ0n) is 11.7. The molecule has 2 aromatic rings. The standard InChI is InChI=1S/C16H19N3O/c1-3-12-5-7-13(8-6-12)18-16(20)14-10-11(2)4-9-15(14)19-17/h4-10,19H,3,17H2,1-2H3,(H,18,20). The summed E-state index contributed by atoms with van der Waals surface area (Å²) in [5.41, 5.74) is 6.71. The summed E-state index contributed by atoms with van der Waals surface area (Å²) in [5, 5.41) is 2.88. The first-order valence-corrected chi connectivity index (χ1v) is 6.61. The minimum absolute atomic E-state index is 0.175. The SMILES string of the molecule is CCc1ccc(NC(=O)c2cc(C)ccc2NN)cc1. The molecule has 4 heteroatoms. The average Bonchev–Trinajstić information content (AvgIpc) is 2.48. The van der Waals surface area contributed by atoms with Crippen LogP contribution in [0.2, 0.25) is 0 Å². The highest BCUT2D eigenvalue weighted by molar-refractivity contribution is 6.08. The van der Waals surface area contributed by atoms with Gasteiger partial charge in [0, 0.05) is 5.69 Å². The molecule has 0 unspecified atom stereocenters. The summed E-state index contributed by atoms with van der Waals surface area (Å²) in [6.07, 6.45) is 0.980. The first-order valence-electron chi connectivity index (χ1n) is 6.61. The molecule has 0 aliphatic carbocycles. The van der Waals surface area contributed by atoms with Crippen molar-refractivity contribution >= 4 is 17.3 Å². The number of nitrogens with two attached hydrogens (primary N) is 1. The normalized spacial score (nSPS) is 10.2. The first-order chi connectivity index (χ1) is 9.63. The third-order valence-electron chi connectivity index (χ3n) is 3.20. The maximum absolute atomic E-state index is 12.3. The lowest BCUT2D eigenvalue weighted by Crippen LogP contribution is -2.17. The molecule has 0 aromatic heterocycles. The zero-order valence-corrected chi connectivity index (χ0v) is 11.7. The molecule has 0 radical (unpaired) electrons. The van der Waals surface area contributed by atoms with Crippen LogP contribution >= 0.6 is 0 Å². The predicted molar refractivity (Wildman–Crippen MR) is 82.8 cm³/mol. The van der Waals surface area contributed by atoms with E-state index < -0.39 is 0 Å². The van der Waals surface area contributed by atoms with E-state index in [0.29, 0.717) is 11.3 Å². The molecule has 0 aliphatic rings. The Bertz CT molecular complexity index is 606. The molecule has 0 bridgehead atoms. The van der Waals surface area contributed by atoms with Crippen molar-refractivity contribution in [1.29, 1.82) is 0 Å². The largest absolute Gasteiger partial charge is 0.323 e. The highest BCUT2D eigenvalue weighted by Crippen LogP contribution is 2.18. The van der Waals surface area contributed by atoms with Crippen molar-refractivity contribution in [3.8, 4) is 0 Å². The summed E-state index contributed by atoms with van der Waals surface area (Å²) >= 11 is 0. The number of aryl methyl sites for hydroxylation is 2. The highest BCUT2D eigenvalue weighted by atomic mass is 16.1. The summed E-state index contributed by atoms with van der Waals surface area (Å²) in [6, 6.07) is 13.3. The number of nitrogens with one attached hydrogen (secondary N) is 2. The Morgan fingerprint density at radius 3 is 2.45 bits per heavy atom. The van der Waals surface area contributed by atoms with Crippen molar-refractivity contribution in [3.63, 3.8) is 0 Å². The summed E-state index contributed by atoms with van der Waals surface area (Å²) in [6.45, 7) is 4.03. The van der Waals surface area contributed by atoms with E-state index >= 15 is 0 Å². The molecule has 20 heavy (non-hydrogen) atoms. The van der Waals surface area contributed by atoms with Gasteiger partial charge in [0.25, 0.3) is 5.91 Å². The lowest BCUT2D eigenvalue weighted by molar-refractivity contribution is 0.102. The fourth-order valence-corrected chi connectivity index (χ4v) is 1.99. The molecule has 1 amide bonds. The maximum atomic E-state index is 12.3. The Hall–Kier alpha value is -2.33. The smallest absolute Gasteiger partial charge is 0.257 e. The predicted octanol–water partition coefficient (Wildman–Crippen LogP) is 3.10. The Kier molecular flexibility index (Phi) is 4.38. The second kappa shape index (κ2) is 6.21. The van der Waals surface area contributed by atoms with Crippen LogP contribution in [0.1, 0.15) is 28.4 Å². The van der Waals surface area contributed by atoms with Crippen molar-refractivity contribution in [1.82, 2.24) is 0 Å². The molecular formula is C16H19N3O. The van der Waals surface area contributed by atoms with E-state index in [0.717, 1.165) is 17.7 Å². The second-order valence-corrected chi connectivity index (χ2v) is 4.70. The lowest BCUT2D eigenvalue weighted by Gasteiger charge is -2.11. The molecule has 0 aliphatic heterocycles. The maximum Gasteiger partial charge on any atom is 0.257 e. The molecule has 0 fully saturated rings. The fourth-order valence-electron chi connectivity index (χ4n) is 1.99. The molecule has 104 valence electrons. The molecule has 0 saturated heterocycles. The van der Waals surface area contributed by atoms with Gasteiger partial charge >= 0.3 is 0 Å². The lowest BCUT2D eigenvalue weighted by atomic mass is 10.1. The number of anilines is 2. The number of nitrogen functional groups attached to an aromatic ring is 1. The van der Waals surface area contributed by atoms with E-state index in [-0.39, 0.29) is 5.91 Å². The number of amides is 1. The van der Waals surface area contributed by atoms with Crippen LogP contribution < -0.4 is 16.6 Å². The van der Waals surface area contributed by atoms with Gasteiger partial charge in [0.1, 0.15) is 0 Å². The highest BCUT2D eigenvalue weighted by Gasteiger charge is 2.11. The Labute approximate surface area is 119 Å². The van der Waals surface area contributed by atoms with Crippen LogP contribution in [0, 0.1) is 6.92 Å². The summed E-state index contributed by atoms with van der Waals surface area (Å²) in [7, 11) is 0. The quantitative estimate of drug-likeness (QED) is 0.590. The monoisotopic (exact) mass is 269 g/mol. The first kappa shape index (κ1) is 14.1. The van der Waals surface area contributed by atoms with E-state index in [1.165, 1.54) is 5.56 Å². The number of carbonyl (C=O) groups excluding carboxylic acids is 1. The van der Waals surface area contributed by atoms with E-state index in [4.69, 9.17) is 5.84 Å². The van der Waals surface area contributed by atoms with Crippen LogP contribution in [0.25, 0.3) is 0 Å². The third kappa shape index (κ3) is 3.16. The fraction of sp³-hybridized carbons (Fsp3) is 0.188. The van der Waals surface area contributed by atoms with Gasteiger partial charge in [-0.15, -0.1) is 0 Å². The van der Waals surface area contributed by atoms with Gasteiger partial charge in [-0.2, -0.15) is 0 Å². The van der Waals surface area contributed by atoms with Gasteiger partial charge in [0.2, 0.25) is 0 Å². The van der Waals surface area contributed by atoms with Gasteiger partial charge in [-0.05, 0) is 43.2 Å². The van der Waals surface area contributed by atoms with Crippen molar-refractivity contribution in [2.24, 2.45) is 5.84 Å². The minimum atomic E-state index is -0.175. The van der Waals surface area contributed by atoms with E-state index in [9.17, 15) is 4.79 Å². The third-order valence-corrected chi connectivity index (χ3v) is 3.20. The zero-order chi connectivity index (χ0) is 14.5. The molecule has 2 aromatic carbocycles. The second-order valence-electron chi connectivity index (χ2n) is 4.70. The van der Waals surface area contributed by atoms with Crippen molar-refractivity contribution < 1.29 is 4.79 Å². The van der Waals surface area contributed by atoms with Crippen molar-refractivity contribution in [2.45, 2.75) is 20.3 Å². The van der Waals surface area contributed by atoms with Gasteiger partial charge in [0.15, 0.2) is 0 Å². The van der Waals surface area contributed by atoms with Gasteiger partial charge < -0.3 is 10.7 Å². The Balaban J connectivity index is 2.20.